The standard InChI is InChI=1S/C24H33N3O6.Rb.H2/c28-14-4-2-1-3-12-25-21(29)6-5-15-33-18-22(30)26-17-20-9-7-19(8-10-20)16-24(32)27-13-11-23(27)31;;/h7-10,14H,1-6,11-13,15-18H2,(H2,25,26,29,30);;1H/q;+1;/p-1. The van der Waals surface area contributed by atoms with Crippen molar-refractivity contribution in [3.63, 3.8) is 0 Å². The molecular weight excluding hydrogens is 512 g/mol. The molecule has 1 N–H and O–H groups in total. The van der Waals surface area contributed by atoms with Crippen LogP contribution in [0.15, 0.2) is 24.3 Å². The molecule has 1 aliphatic heterocycles. The molecule has 4 amide bonds. The van der Waals surface area contributed by atoms with E-state index in [0.717, 1.165) is 36.7 Å². The molecule has 0 radical (unpaired) electrons. The number of carbonyl (C=O) groups is 5. The number of benzene rings is 1. The number of amides is 4. The van der Waals surface area contributed by atoms with Crippen LogP contribution in [0.2, 0.25) is 0 Å². The molecule has 1 aromatic carbocycles. The van der Waals surface area contributed by atoms with Crippen LogP contribution in [0, 0.1) is 0 Å². The van der Waals surface area contributed by atoms with Gasteiger partial charge in [0.25, 0.3) is 0 Å². The van der Waals surface area contributed by atoms with Crippen LogP contribution in [0.4, 0.5) is 0 Å². The van der Waals surface area contributed by atoms with Crippen LogP contribution < -0.4 is 63.5 Å². The van der Waals surface area contributed by atoms with E-state index in [-0.39, 0.29) is 103 Å². The molecule has 1 saturated heterocycles. The molecule has 10 heteroatoms. The Kier molecular flexibility index (Phi) is 16.3. The van der Waals surface area contributed by atoms with Gasteiger partial charge in [0.2, 0.25) is 17.7 Å². The summed E-state index contributed by atoms with van der Waals surface area (Å²) in [5, 5.41) is 6.79. The van der Waals surface area contributed by atoms with Crippen molar-refractivity contribution in [3.8, 4) is 0 Å². The van der Waals surface area contributed by atoms with Gasteiger partial charge in [-0.15, -0.1) is 6.54 Å². The third kappa shape index (κ3) is 12.4. The predicted octanol–water partition coefficient (Wildman–Crippen LogP) is -0.689. The molecule has 1 aromatic rings. The molecule has 34 heavy (non-hydrogen) atoms. The van der Waals surface area contributed by atoms with Crippen LogP contribution in [0.5, 0.6) is 0 Å². The number of rotatable bonds is 16. The maximum atomic E-state index is 12.0. The summed E-state index contributed by atoms with van der Waals surface area (Å²) in [6.07, 6.45) is 5.55. The van der Waals surface area contributed by atoms with Crippen molar-refractivity contribution in [2.24, 2.45) is 0 Å². The molecule has 1 aliphatic rings. The van der Waals surface area contributed by atoms with Gasteiger partial charge in [-0.1, -0.05) is 36.2 Å². The Morgan fingerprint density at radius 1 is 1.09 bits per heavy atom. The Morgan fingerprint density at radius 3 is 2.47 bits per heavy atom. The van der Waals surface area contributed by atoms with Crippen LogP contribution in [0.1, 0.15) is 57.5 Å². The number of ether oxygens (including phenoxy) is 1. The van der Waals surface area contributed by atoms with Gasteiger partial charge in [0.15, 0.2) is 0 Å². The summed E-state index contributed by atoms with van der Waals surface area (Å²) >= 11 is 0. The van der Waals surface area contributed by atoms with Gasteiger partial charge in [-0.05, 0) is 24.8 Å². The SMILES string of the molecule is O=CCCCCCNC(=O)CCCOCC(=O)[N-]Cc1ccc(CC(=O)N2CCC2=O)cc1.[HH].[Rb+]. The van der Waals surface area contributed by atoms with Gasteiger partial charge in [-0.2, -0.15) is 0 Å². The van der Waals surface area contributed by atoms with E-state index in [1.807, 2.05) is 0 Å². The summed E-state index contributed by atoms with van der Waals surface area (Å²) in [6.45, 7) is 1.49. The van der Waals surface area contributed by atoms with Gasteiger partial charge in [0.05, 0.1) is 18.9 Å². The van der Waals surface area contributed by atoms with Gasteiger partial charge in [-0.3, -0.25) is 19.3 Å². The molecule has 1 fully saturated rings. The van der Waals surface area contributed by atoms with Crippen LogP contribution in [-0.4, -0.2) is 61.1 Å². The fraction of sp³-hybridized carbons (Fsp3) is 0.542. The fourth-order valence-electron chi connectivity index (χ4n) is 3.18. The topological polar surface area (TPSA) is 124 Å². The first-order valence-corrected chi connectivity index (χ1v) is 11.4. The zero-order chi connectivity index (χ0) is 23.9. The fourth-order valence-corrected chi connectivity index (χ4v) is 3.18. The minimum absolute atomic E-state index is 0. The van der Waals surface area contributed by atoms with E-state index < -0.39 is 0 Å². The van der Waals surface area contributed by atoms with E-state index in [1.165, 1.54) is 4.90 Å². The normalized spacial score (nSPS) is 12.4. The van der Waals surface area contributed by atoms with Crippen LogP contribution in [0.3, 0.4) is 0 Å². The van der Waals surface area contributed by atoms with E-state index in [9.17, 15) is 24.0 Å². The van der Waals surface area contributed by atoms with Gasteiger partial charge >= 0.3 is 58.2 Å². The van der Waals surface area contributed by atoms with Crippen LogP contribution in [-0.2, 0) is 41.7 Å². The number of nitrogens with zero attached hydrogens (tertiary/aromatic N) is 2. The number of β-lactam (4-membered cyclic amide) rings is 1. The summed E-state index contributed by atoms with van der Waals surface area (Å²) in [5.74, 6) is -0.741. The maximum absolute atomic E-state index is 12.0. The maximum Gasteiger partial charge on any atom is 1.00 e. The monoisotopic (exact) mass is 545 g/mol. The molecule has 0 saturated carbocycles. The second-order valence-electron chi connectivity index (χ2n) is 7.91. The zero-order valence-corrected chi connectivity index (χ0v) is 24.8. The number of hydrogen-bond donors (Lipinski definition) is 1. The number of nitrogens with one attached hydrogen (secondary N) is 1. The molecule has 0 spiro atoms. The molecule has 0 atom stereocenters. The van der Waals surface area contributed by atoms with Crippen molar-refractivity contribution >= 4 is 29.9 Å². The average molecular weight is 546 g/mol. The van der Waals surface area contributed by atoms with Crippen molar-refractivity contribution < 1.29 is 88.3 Å². The van der Waals surface area contributed by atoms with Crippen molar-refractivity contribution in [1.29, 1.82) is 0 Å². The van der Waals surface area contributed by atoms with Gasteiger partial charge < -0.3 is 25.0 Å². The average Bonchev–Trinajstić information content (AvgIpc) is 2.79. The molecule has 0 aromatic heterocycles. The Morgan fingerprint density at radius 2 is 1.82 bits per heavy atom. The number of hydrogen-bond acceptors (Lipinski definition) is 6. The number of aldehydes is 1. The number of unbranched alkanes of at least 4 members (excludes halogenated alkanes) is 3. The second kappa shape index (κ2) is 18.1. The Labute approximate surface area is 251 Å². The van der Waals surface area contributed by atoms with E-state index in [1.54, 1.807) is 24.3 Å². The quantitative estimate of drug-likeness (QED) is 0.167. The van der Waals surface area contributed by atoms with Crippen LogP contribution >= 0.6 is 0 Å². The second-order valence-corrected chi connectivity index (χ2v) is 7.91. The van der Waals surface area contributed by atoms with E-state index >= 15 is 0 Å². The van der Waals surface area contributed by atoms with E-state index in [2.05, 4.69) is 10.6 Å². The largest absolute Gasteiger partial charge is 1.00 e. The first-order chi connectivity index (χ1) is 16.0. The Balaban J connectivity index is 0.00000578. The van der Waals surface area contributed by atoms with Crippen molar-refractivity contribution in [3.05, 3.63) is 40.7 Å². The first kappa shape index (κ1) is 30.8. The molecule has 0 unspecified atom stereocenters. The summed E-state index contributed by atoms with van der Waals surface area (Å²) < 4.78 is 5.29. The molecule has 9 nitrogen and oxygen atoms in total. The number of carbonyl (C=O) groups excluding carboxylic acids is 5. The number of imide groups is 1. The molecule has 182 valence electrons. The summed E-state index contributed by atoms with van der Waals surface area (Å²) in [4.78, 5) is 58.3. The van der Waals surface area contributed by atoms with E-state index in [0.29, 0.717) is 45.4 Å². The smallest absolute Gasteiger partial charge is 0.648 e. The van der Waals surface area contributed by atoms with Gasteiger partial charge in [0, 0.05) is 40.4 Å². The van der Waals surface area contributed by atoms with Gasteiger partial charge in [0.1, 0.15) is 6.29 Å². The Bertz CT molecular complexity index is 822. The molecule has 1 heterocycles. The first-order valence-electron chi connectivity index (χ1n) is 11.4. The van der Waals surface area contributed by atoms with Crippen molar-refractivity contribution in [2.75, 3.05) is 26.3 Å². The van der Waals surface area contributed by atoms with Crippen molar-refractivity contribution in [2.45, 2.75) is 57.9 Å². The van der Waals surface area contributed by atoms with Gasteiger partial charge in [-0.25, -0.2) is 0 Å². The summed E-state index contributed by atoms with van der Waals surface area (Å²) in [7, 11) is 0. The molecule has 2 rings (SSSR count). The summed E-state index contributed by atoms with van der Waals surface area (Å²) in [5.41, 5.74) is 1.64. The zero-order valence-electron chi connectivity index (χ0n) is 19.9. The van der Waals surface area contributed by atoms with Crippen molar-refractivity contribution in [1.82, 2.24) is 10.2 Å². The Hall–Kier alpha value is -1.26. The predicted molar refractivity (Wildman–Crippen MR) is 123 cm³/mol. The molecular formula is C24H34N3O6Rb. The minimum atomic E-state index is -0.370. The van der Waals surface area contributed by atoms with Crippen LogP contribution in [0.25, 0.3) is 5.32 Å². The van der Waals surface area contributed by atoms with E-state index in [4.69, 9.17) is 4.74 Å². The minimum Gasteiger partial charge on any atom is -0.648 e. The molecule has 0 bridgehead atoms. The number of likely N-dealkylation sites (tertiary alicyclic amines) is 1. The third-order valence-electron chi connectivity index (χ3n) is 5.21. The third-order valence-corrected chi connectivity index (χ3v) is 5.21. The summed E-state index contributed by atoms with van der Waals surface area (Å²) in [6, 6.07) is 7.20. The molecule has 0 aliphatic carbocycles.